The van der Waals surface area contributed by atoms with Gasteiger partial charge in [-0.1, -0.05) is 13.8 Å². The number of aliphatic carboxylic acids is 1. The van der Waals surface area contributed by atoms with Gasteiger partial charge in [-0.2, -0.15) is 0 Å². The monoisotopic (exact) mass is 268 g/mol. The number of hydrogen-bond acceptors (Lipinski definition) is 3. The van der Waals surface area contributed by atoms with Crippen molar-refractivity contribution in [2.75, 3.05) is 6.54 Å². The van der Waals surface area contributed by atoms with Crippen LogP contribution in [0.1, 0.15) is 26.1 Å². The van der Waals surface area contributed by atoms with Crippen molar-refractivity contribution in [3.05, 3.63) is 18.2 Å². The molecule has 1 atom stereocenters. The Morgan fingerprint density at radius 3 is 2.74 bits per heavy atom. The molecule has 0 saturated heterocycles. The summed E-state index contributed by atoms with van der Waals surface area (Å²) in [6.45, 7) is 3.96. The van der Waals surface area contributed by atoms with Crippen LogP contribution in [0.25, 0.3) is 0 Å². The largest absolute Gasteiger partial charge is 0.480 e. The van der Waals surface area contributed by atoms with Crippen LogP contribution in [0.3, 0.4) is 0 Å². The molecule has 7 heteroatoms. The number of rotatable bonds is 7. The summed E-state index contributed by atoms with van der Waals surface area (Å²) in [4.78, 5) is 29.5. The number of H-pyrrole nitrogens is 1. The predicted octanol–water partition coefficient (Wildman–Crippen LogP) is 0.751. The number of urea groups is 1. The molecule has 0 bridgehead atoms. The van der Waals surface area contributed by atoms with Crippen molar-refractivity contribution in [1.29, 1.82) is 0 Å². The third-order valence-corrected chi connectivity index (χ3v) is 2.65. The highest BCUT2D eigenvalue weighted by Crippen LogP contribution is 2.01. The minimum Gasteiger partial charge on any atom is -0.480 e. The minimum atomic E-state index is -1.03. The molecular formula is C12H20N4O3. The first-order chi connectivity index (χ1) is 9.00. The molecule has 0 fully saturated rings. The number of nitrogens with zero attached hydrogens (tertiary/aromatic N) is 1. The smallest absolute Gasteiger partial charge is 0.326 e. The zero-order chi connectivity index (χ0) is 14.3. The first kappa shape index (κ1) is 15.0. The number of carboxylic acids is 1. The lowest BCUT2D eigenvalue weighted by Gasteiger charge is -2.18. The maximum Gasteiger partial charge on any atom is 0.326 e. The standard InChI is InChI=1S/C12H20N4O3/c1-8(2)10(11(17)18)16-12(19)15-5-3-4-9-13-6-7-14-9/h6-8,10H,3-5H2,1-2H3,(H,13,14)(H,17,18)(H2,15,16,19)/t10-/m1/s1. The van der Waals surface area contributed by atoms with Crippen molar-refractivity contribution in [2.45, 2.75) is 32.7 Å². The van der Waals surface area contributed by atoms with Crippen molar-refractivity contribution in [3.8, 4) is 0 Å². The van der Waals surface area contributed by atoms with E-state index in [-0.39, 0.29) is 5.92 Å². The quantitative estimate of drug-likeness (QED) is 0.547. The number of aromatic amines is 1. The first-order valence-corrected chi connectivity index (χ1v) is 6.26. The lowest BCUT2D eigenvalue weighted by molar-refractivity contribution is -0.140. The second-order valence-electron chi connectivity index (χ2n) is 4.60. The van der Waals surface area contributed by atoms with Gasteiger partial charge < -0.3 is 20.7 Å². The summed E-state index contributed by atoms with van der Waals surface area (Å²) in [5.74, 6) is -0.320. The molecular weight excluding hydrogens is 248 g/mol. The summed E-state index contributed by atoms with van der Waals surface area (Å²) in [6.07, 6.45) is 4.89. The third kappa shape index (κ3) is 5.41. The van der Waals surface area contributed by atoms with Crippen LogP contribution in [-0.2, 0) is 11.2 Å². The molecule has 0 aliphatic rings. The number of nitrogens with one attached hydrogen (secondary N) is 3. The van der Waals surface area contributed by atoms with Gasteiger partial charge in [0.25, 0.3) is 0 Å². The molecule has 1 aromatic heterocycles. The van der Waals surface area contributed by atoms with E-state index in [0.717, 1.165) is 18.7 Å². The maximum atomic E-state index is 11.5. The summed E-state index contributed by atoms with van der Waals surface area (Å²) in [5, 5.41) is 14.0. The van der Waals surface area contributed by atoms with Gasteiger partial charge in [-0.15, -0.1) is 0 Å². The van der Waals surface area contributed by atoms with E-state index in [1.165, 1.54) is 0 Å². The average Bonchev–Trinajstić information content (AvgIpc) is 2.84. The van der Waals surface area contributed by atoms with Gasteiger partial charge in [-0.25, -0.2) is 14.6 Å². The molecule has 0 aliphatic carbocycles. The third-order valence-electron chi connectivity index (χ3n) is 2.65. The van der Waals surface area contributed by atoms with E-state index in [2.05, 4.69) is 20.6 Å². The number of aromatic nitrogens is 2. The van der Waals surface area contributed by atoms with Crippen molar-refractivity contribution < 1.29 is 14.7 Å². The summed E-state index contributed by atoms with van der Waals surface area (Å²) >= 11 is 0. The van der Waals surface area contributed by atoms with Crippen LogP contribution in [0.2, 0.25) is 0 Å². The van der Waals surface area contributed by atoms with Crippen LogP contribution < -0.4 is 10.6 Å². The SMILES string of the molecule is CC(C)[C@@H](NC(=O)NCCCc1ncc[nH]1)C(=O)O. The Morgan fingerprint density at radius 2 is 2.21 bits per heavy atom. The molecule has 0 radical (unpaired) electrons. The summed E-state index contributed by atoms with van der Waals surface area (Å²) in [7, 11) is 0. The molecule has 0 aromatic carbocycles. The Labute approximate surface area is 111 Å². The van der Waals surface area contributed by atoms with E-state index in [0.29, 0.717) is 6.54 Å². The molecule has 0 aliphatic heterocycles. The lowest BCUT2D eigenvalue weighted by atomic mass is 10.1. The molecule has 7 nitrogen and oxygen atoms in total. The van der Waals surface area contributed by atoms with Crippen LogP contribution >= 0.6 is 0 Å². The molecule has 1 rings (SSSR count). The molecule has 0 saturated carbocycles. The van der Waals surface area contributed by atoms with E-state index in [4.69, 9.17) is 5.11 Å². The molecule has 0 spiro atoms. The number of imidazole rings is 1. The van der Waals surface area contributed by atoms with Crippen LogP contribution in [0.5, 0.6) is 0 Å². The lowest BCUT2D eigenvalue weighted by Crippen LogP contribution is -2.48. The summed E-state index contributed by atoms with van der Waals surface area (Å²) < 4.78 is 0. The highest BCUT2D eigenvalue weighted by molar-refractivity contribution is 5.82. The van der Waals surface area contributed by atoms with Crippen molar-refractivity contribution in [1.82, 2.24) is 20.6 Å². The number of amides is 2. The first-order valence-electron chi connectivity index (χ1n) is 6.26. The molecule has 0 unspecified atom stereocenters. The molecule has 4 N–H and O–H groups in total. The van der Waals surface area contributed by atoms with E-state index in [1.807, 2.05) is 0 Å². The summed E-state index contributed by atoms with van der Waals surface area (Å²) in [5.41, 5.74) is 0. The molecule has 1 heterocycles. The Hall–Kier alpha value is -2.05. The van der Waals surface area contributed by atoms with E-state index >= 15 is 0 Å². The number of carboxylic acid groups (broad SMARTS) is 1. The normalized spacial score (nSPS) is 12.2. The van der Waals surface area contributed by atoms with Crippen molar-refractivity contribution in [2.24, 2.45) is 5.92 Å². The highest BCUT2D eigenvalue weighted by Gasteiger charge is 2.22. The van der Waals surface area contributed by atoms with Crippen LogP contribution in [0.4, 0.5) is 4.79 Å². The fourth-order valence-corrected chi connectivity index (χ4v) is 1.60. The molecule has 106 valence electrons. The molecule has 2 amide bonds. The van der Waals surface area contributed by atoms with Crippen LogP contribution in [-0.4, -0.2) is 39.7 Å². The Bertz CT molecular complexity index is 403. The van der Waals surface area contributed by atoms with Crippen molar-refractivity contribution >= 4 is 12.0 Å². The number of hydrogen-bond donors (Lipinski definition) is 4. The Kier molecular flexibility index (Phi) is 5.84. The second kappa shape index (κ2) is 7.40. The summed E-state index contributed by atoms with van der Waals surface area (Å²) in [6, 6.07) is -1.33. The number of carbonyl (C=O) groups is 2. The molecule has 19 heavy (non-hydrogen) atoms. The van der Waals surface area contributed by atoms with Gasteiger partial charge in [0.05, 0.1) is 0 Å². The Balaban J connectivity index is 2.21. The Morgan fingerprint density at radius 1 is 1.47 bits per heavy atom. The van der Waals surface area contributed by atoms with Gasteiger partial charge in [0.15, 0.2) is 0 Å². The van der Waals surface area contributed by atoms with Gasteiger partial charge in [0.1, 0.15) is 11.9 Å². The maximum absolute atomic E-state index is 11.5. The van der Waals surface area contributed by atoms with E-state index in [9.17, 15) is 9.59 Å². The zero-order valence-electron chi connectivity index (χ0n) is 11.1. The fraction of sp³-hybridized carbons (Fsp3) is 0.583. The van der Waals surface area contributed by atoms with Crippen molar-refractivity contribution in [3.63, 3.8) is 0 Å². The fourth-order valence-electron chi connectivity index (χ4n) is 1.60. The van der Waals surface area contributed by atoms with Gasteiger partial charge in [-0.05, 0) is 12.3 Å². The average molecular weight is 268 g/mol. The van der Waals surface area contributed by atoms with Gasteiger partial charge in [-0.3, -0.25) is 0 Å². The predicted molar refractivity (Wildman–Crippen MR) is 69.7 cm³/mol. The number of carbonyl (C=O) groups excluding carboxylic acids is 1. The van der Waals surface area contributed by atoms with E-state index < -0.39 is 18.0 Å². The van der Waals surface area contributed by atoms with E-state index in [1.54, 1.807) is 26.2 Å². The van der Waals surface area contributed by atoms with Gasteiger partial charge in [0, 0.05) is 25.4 Å². The topological polar surface area (TPSA) is 107 Å². The van der Waals surface area contributed by atoms with Gasteiger partial charge >= 0.3 is 12.0 Å². The highest BCUT2D eigenvalue weighted by atomic mass is 16.4. The van der Waals surface area contributed by atoms with Crippen LogP contribution in [0, 0.1) is 5.92 Å². The molecule has 1 aromatic rings. The minimum absolute atomic E-state index is 0.161. The van der Waals surface area contributed by atoms with Crippen LogP contribution in [0.15, 0.2) is 12.4 Å². The zero-order valence-corrected chi connectivity index (χ0v) is 11.1. The number of aryl methyl sites for hydroxylation is 1. The van der Waals surface area contributed by atoms with Gasteiger partial charge in [0.2, 0.25) is 0 Å². The second-order valence-corrected chi connectivity index (χ2v) is 4.60.